The molecule has 1 saturated heterocycles. The van der Waals surface area contributed by atoms with E-state index in [2.05, 4.69) is 15.4 Å². The molecule has 20 heavy (non-hydrogen) atoms. The van der Waals surface area contributed by atoms with Crippen LogP contribution in [0.2, 0.25) is 0 Å². The van der Waals surface area contributed by atoms with Gasteiger partial charge in [0.15, 0.2) is 0 Å². The van der Waals surface area contributed by atoms with Crippen LogP contribution in [-0.2, 0) is 10.0 Å². The van der Waals surface area contributed by atoms with E-state index in [1.165, 1.54) is 7.05 Å². The fourth-order valence-corrected chi connectivity index (χ4v) is 3.48. The third-order valence-electron chi connectivity index (χ3n) is 3.69. The normalized spacial score (nSPS) is 20.4. The molecule has 1 aromatic rings. The van der Waals surface area contributed by atoms with E-state index in [0.717, 1.165) is 43.6 Å². The van der Waals surface area contributed by atoms with Crippen molar-refractivity contribution in [1.29, 1.82) is 0 Å². The summed E-state index contributed by atoms with van der Waals surface area (Å²) in [5.41, 5.74) is 1.63. The molecule has 1 fully saturated rings. The molecule has 112 valence electrons. The second-order valence-electron chi connectivity index (χ2n) is 5.21. The summed E-state index contributed by atoms with van der Waals surface area (Å²) in [5.74, 6) is 0. The van der Waals surface area contributed by atoms with Gasteiger partial charge in [0.2, 0.25) is 10.0 Å². The van der Waals surface area contributed by atoms with E-state index in [4.69, 9.17) is 0 Å². The Morgan fingerprint density at radius 2 is 2.05 bits per heavy atom. The summed E-state index contributed by atoms with van der Waals surface area (Å²) in [7, 11) is -1.97. The average Bonchev–Trinajstić information content (AvgIpc) is 2.69. The second kappa shape index (κ2) is 6.56. The molecule has 0 saturated carbocycles. The summed E-state index contributed by atoms with van der Waals surface area (Å²) in [5, 5.41) is 6.82. The first-order valence-electron chi connectivity index (χ1n) is 7.04. The zero-order valence-corrected chi connectivity index (χ0v) is 12.9. The van der Waals surface area contributed by atoms with Gasteiger partial charge >= 0.3 is 0 Å². The maximum absolute atomic E-state index is 12.0. The first-order chi connectivity index (χ1) is 9.53. The highest BCUT2D eigenvalue weighted by Crippen LogP contribution is 2.22. The van der Waals surface area contributed by atoms with E-state index < -0.39 is 10.0 Å². The molecule has 1 aromatic carbocycles. The van der Waals surface area contributed by atoms with Gasteiger partial charge in [0, 0.05) is 11.7 Å². The molecule has 5 nitrogen and oxygen atoms in total. The first-order valence-corrected chi connectivity index (χ1v) is 8.53. The SMILES string of the molecule is CNS(=O)(=O)c1cc(NC2CCCNCC2)ccc1C. The minimum atomic E-state index is -3.40. The molecular weight excluding hydrogens is 274 g/mol. The van der Waals surface area contributed by atoms with Gasteiger partial charge in [-0.2, -0.15) is 0 Å². The van der Waals surface area contributed by atoms with Crippen molar-refractivity contribution < 1.29 is 8.42 Å². The molecule has 0 amide bonds. The number of aryl methyl sites for hydroxylation is 1. The number of hydrogen-bond donors (Lipinski definition) is 3. The zero-order valence-electron chi connectivity index (χ0n) is 12.1. The molecule has 1 atom stereocenters. The van der Waals surface area contributed by atoms with Gasteiger partial charge < -0.3 is 10.6 Å². The summed E-state index contributed by atoms with van der Waals surface area (Å²) in [6.07, 6.45) is 3.31. The van der Waals surface area contributed by atoms with Gasteiger partial charge in [0.05, 0.1) is 4.90 Å². The lowest BCUT2D eigenvalue weighted by Crippen LogP contribution is -2.23. The Hall–Kier alpha value is -1.11. The number of rotatable bonds is 4. The van der Waals surface area contributed by atoms with E-state index >= 15 is 0 Å². The number of hydrogen-bond acceptors (Lipinski definition) is 4. The molecule has 0 bridgehead atoms. The first kappa shape index (κ1) is 15.3. The van der Waals surface area contributed by atoms with Crippen LogP contribution in [0.4, 0.5) is 5.69 Å². The highest BCUT2D eigenvalue weighted by atomic mass is 32.2. The lowest BCUT2D eigenvalue weighted by molar-refractivity contribution is 0.587. The monoisotopic (exact) mass is 297 g/mol. The lowest BCUT2D eigenvalue weighted by atomic mass is 10.1. The molecule has 0 spiro atoms. The summed E-state index contributed by atoms with van der Waals surface area (Å²) in [6.45, 7) is 3.88. The topological polar surface area (TPSA) is 70.2 Å². The summed E-state index contributed by atoms with van der Waals surface area (Å²) in [4.78, 5) is 0.344. The number of anilines is 1. The minimum Gasteiger partial charge on any atom is -0.382 e. The fourth-order valence-electron chi connectivity index (χ4n) is 2.49. The number of sulfonamides is 1. The van der Waals surface area contributed by atoms with Crippen LogP contribution in [0.1, 0.15) is 24.8 Å². The largest absolute Gasteiger partial charge is 0.382 e. The smallest absolute Gasteiger partial charge is 0.240 e. The van der Waals surface area contributed by atoms with Gasteiger partial charge in [0.25, 0.3) is 0 Å². The molecule has 0 radical (unpaired) electrons. The third kappa shape index (κ3) is 3.71. The van der Waals surface area contributed by atoms with Crippen molar-refractivity contribution in [3.63, 3.8) is 0 Å². The Morgan fingerprint density at radius 1 is 1.25 bits per heavy atom. The van der Waals surface area contributed by atoms with Gasteiger partial charge in [-0.05, 0) is 64.0 Å². The van der Waals surface area contributed by atoms with Gasteiger partial charge in [-0.25, -0.2) is 13.1 Å². The summed E-state index contributed by atoms with van der Waals surface area (Å²) < 4.78 is 26.3. The summed E-state index contributed by atoms with van der Waals surface area (Å²) in [6, 6.07) is 5.92. The quantitative estimate of drug-likeness (QED) is 0.787. The van der Waals surface area contributed by atoms with Crippen molar-refractivity contribution in [3.8, 4) is 0 Å². The molecule has 0 aromatic heterocycles. The van der Waals surface area contributed by atoms with Crippen molar-refractivity contribution in [2.45, 2.75) is 37.1 Å². The minimum absolute atomic E-state index is 0.344. The van der Waals surface area contributed by atoms with E-state index in [1.54, 1.807) is 6.07 Å². The van der Waals surface area contributed by atoms with Crippen molar-refractivity contribution in [2.24, 2.45) is 0 Å². The Morgan fingerprint density at radius 3 is 2.80 bits per heavy atom. The van der Waals surface area contributed by atoms with Gasteiger partial charge in [0.1, 0.15) is 0 Å². The number of benzene rings is 1. The molecular formula is C14H23N3O2S. The van der Waals surface area contributed by atoms with Gasteiger partial charge in [-0.3, -0.25) is 0 Å². The maximum Gasteiger partial charge on any atom is 0.240 e. The Balaban J connectivity index is 2.19. The van der Waals surface area contributed by atoms with E-state index in [1.807, 2.05) is 19.1 Å². The summed E-state index contributed by atoms with van der Waals surface area (Å²) >= 11 is 0. The van der Waals surface area contributed by atoms with E-state index in [9.17, 15) is 8.42 Å². The van der Waals surface area contributed by atoms with Crippen LogP contribution in [-0.4, -0.2) is 34.6 Å². The van der Waals surface area contributed by atoms with Crippen molar-refractivity contribution in [2.75, 3.05) is 25.5 Å². The Labute approximate surface area is 121 Å². The van der Waals surface area contributed by atoms with E-state index in [-0.39, 0.29) is 0 Å². The standard InChI is InChI=1S/C14H23N3O2S/c1-11-5-6-13(10-14(11)20(18,19)15-2)17-12-4-3-8-16-9-7-12/h5-6,10,12,15-17H,3-4,7-9H2,1-2H3. The Bertz CT molecular complexity index is 550. The average molecular weight is 297 g/mol. The van der Waals surface area contributed by atoms with Crippen LogP contribution in [0.3, 0.4) is 0 Å². The second-order valence-corrected chi connectivity index (χ2v) is 7.06. The van der Waals surface area contributed by atoms with Crippen LogP contribution >= 0.6 is 0 Å². The molecule has 1 aliphatic rings. The fraction of sp³-hybridized carbons (Fsp3) is 0.571. The van der Waals surface area contributed by atoms with Crippen LogP contribution in [0.25, 0.3) is 0 Å². The van der Waals surface area contributed by atoms with Crippen molar-refractivity contribution >= 4 is 15.7 Å². The van der Waals surface area contributed by atoms with Crippen molar-refractivity contribution in [3.05, 3.63) is 23.8 Å². The molecule has 6 heteroatoms. The maximum atomic E-state index is 12.0. The molecule has 0 aliphatic carbocycles. The zero-order chi connectivity index (χ0) is 14.6. The van der Waals surface area contributed by atoms with Crippen LogP contribution in [0.5, 0.6) is 0 Å². The van der Waals surface area contributed by atoms with E-state index in [0.29, 0.717) is 10.9 Å². The predicted molar refractivity (Wildman–Crippen MR) is 81.6 cm³/mol. The van der Waals surface area contributed by atoms with Crippen LogP contribution < -0.4 is 15.4 Å². The highest BCUT2D eigenvalue weighted by molar-refractivity contribution is 7.89. The Kier molecular flexibility index (Phi) is 5.01. The number of nitrogens with one attached hydrogen (secondary N) is 3. The molecule has 3 N–H and O–H groups in total. The van der Waals surface area contributed by atoms with Gasteiger partial charge in [-0.15, -0.1) is 0 Å². The van der Waals surface area contributed by atoms with Crippen LogP contribution in [0, 0.1) is 6.92 Å². The molecule has 2 rings (SSSR count). The molecule has 1 unspecified atom stereocenters. The molecule has 1 heterocycles. The van der Waals surface area contributed by atoms with Crippen molar-refractivity contribution in [1.82, 2.24) is 10.0 Å². The molecule has 1 aliphatic heterocycles. The third-order valence-corrected chi connectivity index (χ3v) is 5.25. The highest BCUT2D eigenvalue weighted by Gasteiger charge is 2.17. The predicted octanol–water partition coefficient (Wildman–Crippen LogP) is 1.46. The lowest BCUT2D eigenvalue weighted by Gasteiger charge is -2.18. The van der Waals surface area contributed by atoms with Crippen LogP contribution in [0.15, 0.2) is 23.1 Å². The van der Waals surface area contributed by atoms with Gasteiger partial charge in [-0.1, -0.05) is 6.07 Å².